The number of amides is 2. The van der Waals surface area contributed by atoms with Crippen LogP contribution >= 0.6 is 0 Å². The van der Waals surface area contributed by atoms with Crippen LogP contribution in [0.15, 0.2) is 60.7 Å². The molecule has 148 valence electrons. The van der Waals surface area contributed by atoms with Gasteiger partial charge in [0.05, 0.1) is 5.69 Å². The number of nitrogens with zero attached hydrogens (tertiary/aromatic N) is 1. The first kappa shape index (κ1) is 20.1. The molecule has 3 aromatic rings. The van der Waals surface area contributed by atoms with Gasteiger partial charge in [0.1, 0.15) is 28.8 Å². The van der Waals surface area contributed by atoms with Gasteiger partial charge in [-0.25, -0.2) is 18.2 Å². The molecule has 3 rings (SSSR count). The second-order valence-corrected chi connectivity index (χ2v) is 6.08. The Hall–Kier alpha value is -3.68. The smallest absolute Gasteiger partial charge is 0.274 e. The van der Waals surface area contributed by atoms with Crippen LogP contribution in [0.25, 0.3) is 0 Å². The highest BCUT2D eigenvalue weighted by Crippen LogP contribution is 2.16. The van der Waals surface area contributed by atoms with Gasteiger partial charge in [-0.05, 0) is 42.3 Å². The minimum absolute atomic E-state index is 0.0224. The Balaban J connectivity index is 1.63. The summed E-state index contributed by atoms with van der Waals surface area (Å²) in [6.07, 6.45) is 0.294. The van der Waals surface area contributed by atoms with Crippen molar-refractivity contribution in [2.45, 2.75) is 6.42 Å². The molecule has 5 nitrogen and oxygen atoms in total. The van der Waals surface area contributed by atoms with Crippen molar-refractivity contribution < 1.29 is 22.8 Å². The average Bonchev–Trinajstić information content (AvgIpc) is 2.71. The number of aromatic nitrogens is 1. The normalized spacial score (nSPS) is 10.4. The van der Waals surface area contributed by atoms with Crippen molar-refractivity contribution in [2.75, 3.05) is 11.9 Å². The third-order valence-electron chi connectivity index (χ3n) is 4.03. The number of anilines is 1. The summed E-state index contributed by atoms with van der Waals surface area (Å²) in [6, 6.07) is 13.2. The summed E-state index contributed by atoms with van der Waals surface area (Å²) >= 11 is 0. The van der Waals surface area contributed by atoms with E-state index in [0.717, 1.165) is 12.1 Å². The van der Waals surface area contributed by atoms with Gasteiger partial charge in [-0.1, -0.05) is 24.3 Å². The molecular formula is C21H16F3N3O2. The zero-order chi connectivity index (χ0) is 20.8. The highest BCUT2D eigenvalue weighted by molar-refractivity contribution is 6.03. The van der Waals surface area contributed by atoms with E-state index in [-0.39, 0.29) is 29.4 Å². The molecule has 0 radical (unpaired) electrons. The molecule has 2 aromatic carbocycles. The van der Waals surface area contributed by atoms with Crippen molar-refractivity contribution in [3.63, 3.8) is 0 Å². The fraction of sp³-hybridized carbons (Fsp3) is 0.0952. The first-order chi connectivity index (χ1) is 13.9. The zero-order valence-corrected chi connectivity index (χ0v) is 15.1. The van der Waals surface area contributed by atoms with Gasteiger partial charge in [0.25, 0.3) is 11.8 Å². The Morgan fingerprint density at radius 1 is 0.828 bits per heavy atom. The van der Waals surface area contributed by atoms with E-state index < -0.39 is 23.4 Å². The summed E-state index contributed by atoms with van der Waals surface area (Å²) in [4.78, 5) is 28.5. The maximum absolute atomic E-state index is 13.7. The van der Waals surface area contributed by atoms with Crippen LogP contribution in [0.5, 0.6) is 0 Å². The number of carbonyl (C=O) groups excluding carboxylic acids is 2. The molecule has 2 amide bonds. The van der Waals surface area contributed by atoms with Gasteiger partial charge in [0, 0.05) is 12.6 Å². The maximum Gasteiger partial charge on any atom is 0.274 e. The van der Waals surface area contributed by atoms with E-state index in [4.69, 9.17) is 0 Å². The summed E-state index contributed by atoms with van der Waals surface area (Å²) in [5, 5.41) is 4.88. The van der Waals surface area contributed by atoms with Crippen molar-refractivity contribution in [1.29, 1.82) is 0 Å². The van der Waals surface area contributed by atoms with Crippen LogP contribution in [-0.2, 0) is 6.42 Å². The van der Waals surface area contributed by atoms with Crippen LogP contribution in [-0.4, -0.2) is 23.3 Å². The first-order valence-corrected chi connectivity index (χ1v) is 8.69. The van der Waals surface area contributed by atoms with Crippen LogP contribution in [0.3, 0.4) is 0 Å². The number of benzene rings is 2. The third-order valence-corrected chi connectivity index (χ3v) is 4.03. The average molecular weight is 399 g/mol. The van der Waals surface area contributed by atoms with Gasteiger partial charge < -0.3 is 10.6 Å². The van der Waals surface area contributed by atoms with Gasteiger partial charge in [0.2, 0.25) is 0 Å². The summed E-state index contributed by atoms with van der Waals surface area (Å²) < 4.78 is 40.2. The minimum atomic E-state index is -0.930. The van der Waals surface area contributed by atoms with Crippen molar-refractivity contribution in [2.24, 2.45) is 0 Å². The molecule has 0 saturated carbocycles. The SMILES string of the molecule is O=C(NCCc1ccccc1F)c1cccc(C(=O)Nc2ccc(F)cc2F)n1. The predicted molar refractivity (Wildman–Crippen MR) is 101 cm³/mol. The summed E-state index contributed by atoms with van der Waals surface area (Å²) in [7, 11) is 0. The zero-order valence-electron chi connectivity index (χ0n) is 15.1. The topological polar surface area (TPSA) is 71.1 Å². The fourth-order valence-corrected chi connectivity index (χ4v) is 2.57. The van der Waals surface area contributed by atoms with Crippen LogP contribution in [0.4, 0.5) is 18.9 Å². The lowest BCUT2D eigenvalue weighted by Gasteiger charge is -2.08. The van der Waals surface area contributed by atoms with E-state index in [1.807, 2.05) is 0 Å². The largest absolute Gasteiger partial charge is 0.350 e. The molecular weight excluding hydrogens is 383 g/mol. The van der Waals surface area contributed by atoms with Crippen LogP contribution in [0.1, 0.15) is 26.5 Å². The van der Waals surface area contributed by atoms with Gasteiger partial charge in [-0.3, -0.25) is 9.59 Å². The Kier molecular flexibility index (Phi) is 6.23. The highest BCUT2D eigenvalue weighted by Gasteiger charge is 2.14. The predicted octanol–water partition coefficient (Wildman–Crippen LogP) is 3.72. The van der Waals surface area contributed by atoms with Crippen LogP contribution in [0, 0.1) is 17.5 Å². The summed E-state index contributed by atoms with van der Waals surface area (Å²) in [5.74, 6) is -3.35. The molecule has 0 atom stereocenters. The van der Waals surface area contributed by atoms with Crippen molar-refractivity contribution in [1.82, 2.24) is 10.3 Å². The Morgan fingerprint density at radius 3 is 2.28 bits per heavy atom. The lowest BCUT2D eigenvalue weighted by molar-refractivity contribution is 0.0949. The van der Waals surface area contributed by atoms with E-state index in [1.165, 1.54) is 24.3 Å². The number of hydrogen-bond acceptors (Lipinski definition) is 3. The lowest BCUT2D eigenvalue weighted by atomic mass is 10.1. The molecule has 2 N–H and O–H groups in total. The molecule has 0 aliphatic rings. The lowest BCUT2D eigenvalue weighted by Crippen LogP contribution is -2.27. The summed E-state index contributed by atoms with van der Waals surface area (Å²) in [6.45, 7) is 0.179. The number of hydrogen-bond donors (Lipinski definition) is 2. The van der Waals surface area contributed by atoms with E-state index in [0.29, 0.717) is 18.1 Å². The fourth-order valence-electron chi connectivity index (χ4n) is 2.57. The summed E-state index contributed by atoms with van der Waals surface area (Å²) in [5.41, 5.74) is 0.120. The molecule has 8 heteroatoms. The third kappa shape index (κ3) is 5.19. The van der Waals surface area contributed by atoms with Gasteiger partial charge in [0.15, 0.2) is 0 Å². The molecule has 0 aliphatic carbocycles. The van der Waals surface area contributed by atoms with Crippen molar-refractivity contribution in [3.8, 4) is 0 Å². The maximum atomic E-state index is 13.7. The number of pyridine rings is 1. The van der Waals surface area contributed by atoms with Crippen molar-refractivity contribution >= 4 is 17.5 Å². The number of carbonyl (C=O) groups is 2. The second kappa shape index (κ2) is 9.01. The van der Waals surface area contributed by atoms with Gasteiger partial charge in [-0.15, -0.1) is 0 Å². The van der Waals surface area contributed by atoms with E-state index in [9.17, 15) is 22.8 Å². The van der Waals surface area contributed by atoms with E-state index in [2.05, 4.69) is 15.6 Å². The van der Waals surface area contributed by atoms with Crippen LogP contribution < -0.4 is 10.6 Å². The van der Waals surface area contributed by atoms with Crippen molar-refractivity contribution in [3.05, 3.63) is 95.1 Å². The monoisotopic (exact) mass is 399 g/mol. The molecule has 29 heavy (non-hydrogen) atoms. The van der Waals surface area contributed by atoms with E-state index >= 15 is 0 Å². The van der Waals surface area contributed by atoms with Gasteiger partial charge in [-0.2, -0.15) is 0 Å². The molecule has 0 fully saturated rings. The molecule has 0 unspecified atom stereocenters. The van der Waals surface area contributed by atoms with E-state index in [1.54, 1.807) is 18.2 Å². The molecule has 0 saturated heterocycles. The second-order valence-electron chi connectivity index (χ2n) is 6.08. The minimum Gasteiger partial charge on any atom is -0.350 e. The number of rotatable bonds is 6. The first-order valence-electron chi connectivity index (χ1n) is 8.69. The number of halogens is 3. The Labute approximate surface area is 164 Å². The molecule has 0 aliphatic heterocycles. The molecule has 0 spiro atoms. The Bertz CT molecular complexity index is 1060. The quantitative estimate of drug-likeness (QED) is 0.664. The van der Waals surface area contributed by atoms with Gasteiger partial charge >= 0.3 is 0 Å². The van der Waals surface area contributed by atoms with Crippen LogP contribution in [0.2, 0.25) is 0 Å². The molecule has 1 aromatic heterocycles. The standard InChI is InChI=1S/C21H16F3N3O2/c22-14-8-9-17(16(24)12-14)27-21(29)19-7-3-6-18(26-19)20(28)25-11-10-13-4-1-2-5-15(13)23/h1-9,12H,10-11H2,(H,25,28)(H,27,29). The highest BCUT2D eigenvalue weighted by atomic mass is 19.1. The number of nitrogens with one attached hydrogen (secondary N) is 2. The molecule has 1 heterocycles. The Morgan fingerprint density at radius 2 is 1.55 bits per heavy atom. The molecule has 0 bridgehead atoms.